The second kappa shape index (κ2) is 5.17. The van der Waals surface area contributed by atoms with Crippen LogP contribution in [0, 0.1) is 5.92 Å². The summed E-state index contributed by atoms with van der Waals surface area (Å²) in [5, 5.41) is 0. The van der Waals surface area contributed by atoms with E-state index in [-0.39, 0.29) is 11.8 Å². The van der Waals surface area contributed by atoms with Gasteiger partial charge in [-0.2, -0.15) is 0 Å². The van der Waals surface area contributed by atoms with Crippen molar-refractivity contribution in [3.8, 4) is 0 Å². The molecule has 2 atom stereocenters. The van der Waals surface area contributed by atoms with E-state index in [9.17, 15) is 4.79 Å². The fraction of sp³-hybridized carbons (Fsp3) is 0.909. The molecule has 0 spiro atoms. The Morgan fingerprint density at radius 2 is 2.20 bits per heavy atom. The summed E-state index contributed by atoms with van der Waals surface area (Å²) in [5.41, 5.74) is 0. The van der Waals surface area contributed by atoms with E-state index in [2.05, 4.69) is 0 Å². The molecule has 3 nitrogen and oxygen atoms in total. The van der Waals surface area contributed by atoms with E-state index in [4.69, 9.17) is 16.3 Å². The number of carbonyl (C=O) groups is 1. The lowest BCUT2D eigenvalue weighted by Gasteiger charge is -2.37. The second-order valence-corrected chi connectivity index (χ2v) is 4.67. The van der Waals surface area contributed by atoms with Crippen LogP contribution in [-0.2, 0) is 9.53 Å². The molecule has 2 aliphatic rings. The first-order valence-electron chi connectivity index (χ1n) is 5.76. The lowest BCUT2D eigenvalue weighted by molar-refractivity contribution is -0.132. The van der Waals surface area contributed by atoms with Crippen molar-refractivity contribution in [1.82, 2.24) is 4.90 Å². The first-order chi connectivity index (χ1) is 7.33. The molecule has 0 bridgehead atoms. The SMILES string of the molecule is O=C(CCl)N1CCOC[C@H]2CCCC[C@@H]21. The highest BCUT2D eigenvalue weighted by molar-refractivity contribution is 6.27. The molecule has 1 amide bonds. The summed E-state index contributed by atoms with van der Waals surface area (Å²) in [7, 11) is 0. The molecule has 15 heavy (non-hydrogen) atoms. The van der Waals surface area contributed by atoms with Crippen LogP contribution in [0.25, 0.3) is 0 Å². The third-order valence-corrected chi connectivity index (χ3v) is 3.74. The number of halogens is 1. The molecule has 86 valence electrons. The minimum atomic E-state index is 0.0686. The highest BCUT2D eigenvalue weighted by atomic mass is 35.5. The lowest BCUT2D eigenvalue weighted by Crippen LogP contribution is -2.46. The molecule has 0 aromatic rings. The Labute approximate surface area is 95.7 Å². The van der Waals surface area contributed by atoms with Crippen LogP contribution < -0.4 is 0 Å². The molecule has 2 fully saturated rings. The fourth-order valence-corrected chi connectivity index (χ4v) is 2.90. The molecular weight excluding hydrogens is 214 g/mol. The topological polar surface area (TPSA) is 29.5 Å². The zero-order chi connectivity index (χ0) is 10.7. The highest BCUT2D eigenvalue weighted by Crippen LogP contribution is 2.30. The number of amides is 1. The number of hydrogen-bond acceptors (Lipinski definition) is 2. The minimum absolute atomic E-state index is 0.0686. The van der Waals surface area contributed by atoms with Gasteiger partial charge < -0.3 is 9.64 Å². The smallest absolute Gasteiger partial charge is 0.237 e. The van der Waals surface area contributed by atoms with Gasteiger partial charge >= 0.3 is 0 Å². The maximum absolute atomic E-state index is 11.7. The van der Waals surface area contributed by atoms with Gasteiger partial charge in [0.15, 0.2) is 0 Å². The van der Waals surface area contributed by atoms with Crippen molar-refractivity contribution in [2.45, 2.75) is 31.7 Å². The summed E-state index contributed by atoms with van der Waals surface area (Å²) in [6, 6.07) is 0.382. The van der Waals surface area contributed by atoms with Gasteiger partial charge in [-0.15, -0.1) is 11.6 Å². The predicted molar refractivity (Wildman–Crippen MR) is 59.0 cm³/mol. The van der Waals surface area contributed by atoms with Crippen LogP contribution >= 0.6 is 11.6 Å². The summed E-state index contributed by atoms with van der Waals surface area (Å²) in [4.78, 5) is 13.7. The summed E-state index contributed by atoms with van der Waals surface area (Å²) in [6.45, 7) is 2.19. The lowest BCUT2D eigenvalue weighted by atomic mass is 9.84. The number of fused-ring (bicyclic) bond motifs is 1. The van der Waals surface area contributed by atoms with Crippen molar-refractivity contribution in [3.05, 3.63) is 0 Å². The van der Waals surface area contributed by atoms with E-state index in [1.54, 1.807) is 0 Å². The molecule has 1 heterocycles. The summed E-state index contributed by atoms with van der Waals surface area (Å²) in [6.07, 6.45) is 4.81. The maximum Gasteiger partial charge on any atom is 0.237 e. The Bertz CT molecular complexity index is 235. The van der Waals surface area contributed by atoms with Crippen LogP contribution in [0.2, 0.25) is 0 Å². The first kappa shape index (κ1) is 11.2. The van der Waals surface area contributed by atoms with E-state index in [0.29, 0.717) is 25.1 Å². The third-order valence-electron chi connectivity index (χ3n) is 3.51. The Morgan fingerprint density at radius 1 is 1.40 bits per heavy atom. The van der Waals surface area contributed by atoms with Gasteiger partial charge in [0.2, 0.25) is 5.91 Å². The van der Waals surface area contributed by atoms with E-state index in [1.165, 1.54) is 19.3 Å². The Morgan fingerprint density at radius 3 is 3.00 bits per heavy atom. The second-order valence-electron chi connectivity index (χ2n) is 4.41. The predicted octanol–water partition coefficient (Wildman–Crippen LogP) is 1.64. The van der Waals surface area contributed by atoms with E-state index < -0.39 is 0 Å². The molecule has 2 rings (SSSR count). The van der Waals surface area contributed by atoms with Gasteiger partial charge in [0.05, 0.1) is 13.2 Å². The van der Waals surface area contributed by atoms with Crippen LogP contribution in [0.1, 0.15) is 25.7 Å². The summed E-state index contributed by atoms with van der Waals surface area (Å²) >= 11 is 5.64. The average Bonchev–Trinajstić information content (AvgIpc) is 2.50. The van der Waals surface area contributed by atoms with E-state index in [1.807, 2.05) is 4.90 Å². The summed E-state index contributed by atoms with van der Waals surface area (Å²) in [5.74, 6) is 0.705. The zero-order valence-electron chi connectivity index (χ0n) is 8.95. The quantitative estimate of drug-likeness (QED) is 0.643. The molecular formula is C11H18ClNO2. The van der Waals surface area contributed by atoms with Gasteiger partial charge in [0, 0.05) is 18.5 Å². The van der Waals surface area contributed by atoms with Crippen molar-refractivity contribution in [2.24, 2.45) is 5.92 Å². The van der Waals surface area contributed by atoms with Crippen LogP contribution in [-0.4, -0.2) is 42.5 Å². The molecule has 4 heteroatoms. The molecule has 0 radical (unpaired) electrons. The average molecular weight is 232 g/mol. The monoisotopic (exact) mass is 231 g/mol. The van der Waals surface area contributed by atoms with Crippen molar-refractivity contribution >= 4 is 17.5 Å². The van der Waals surface area contributed by atoms with Crippen molar-refractivity contribution in [2.75, 3.05) is 25.6 Å². The normalized spacial score (nSPS) is 31.9. The van der Waals surface area contributed by atoms with Crippen molar-refractivity contribution < 1.29 is 9.53 Å². The number of alkyl halides is 1. The fourth-order valence-electron chi connectivity index (χ4n) is 2.74. The number of hydrogen-bond donors (Lipinski definition) is 0. The van der Waals surface area contributed by atoms with Crippen LogP contribution in [0.4, 0.5) is 0 Å². The van der Waals surface area contributed by atoms with Gasteiger partial charge in [-0.1, -0.05) is 12.8 Å². The maximum atomic E-state index is 11.7. The molecule has 0 N–H and O–H groups in total. The van der Waals surface area contributed by atoms with Gasteiger partial charge in [-0.05, 0) is 12.8 Å². The van der Waals surface area contributed by atoms with Crippen LogP contribution in [0.5, 0.6) is 0 Å². The Kier molecular flexibility index (Phi) is 3.87. The van der Waals surface area contributed by atoms with Gasteiger partial charge in [-0.25, -0.2) is 0 Å². The molecule has 1 aliphatic carbocycles. The molecule has 0 aromatic heterocycles. The number of ether oxygens (including phenoxy) is 1. The minimum Gasteiger partial charge on any atom is -0.379 e. The van der Waals surface area contributed by atoms with Crippen LogP contribution in [0.15, 0.2) is 0 Å². The van der Waals surface area contributed by atoms with Crippen LogP contribution in [0.3, 0.4) is 0 Å². The summed E-state index contributed by atoms with van der Waals surface area (Å²) < 4.78 is 5.55. The molecule has 1 saturated carbocycles. The standard InChI is InChI=1S/C11H18ClNO2/c12-7-11(14)13-5-6-15-8-9-3-1-2-4-10(9)13/h9-10H,1-8H2/t9-,10+/m1/s1. The number of rotatable bonds is 1. The largest absolute Gasteiger partial charge is 0.379 e. The van der Waals surface area contributed by atoms with E-state index >= 15 is 0 Å². The molecule has 0 aromatic carbocycles. The van der Waals surface area contributed by atoms with Gasteiger partial charge in [0.25, 0.3) is 0 Å². The van der Waals surface area contributed by atoms with Crippen molar-refractivity contribution in [1.29, 1.82) is 0 Å². The number of nitrogens with zero attached hydrogens (tertiary/aromatic N) is 1. The molecule has 1 aliphatic heterocycles. The van der Waals surface area contributed by atoms with Gasteiger partial charge in [-0.3, -0.25) is 4.79 Å². The van der Waals surface area contributed by atoms with Gasteiger partial charge in [0.1, 0.15) is 5.88 Å². The zero-order valence-corrected chi connectivity index (χ0v) is 9.71. The first-order valence-corrected chi connectivity index (χ1v) is 6.29. The molecule has 1 saturated heterocycles. The third kappa shape index (κ3) is 2.45. The van der Waals surface area contributed by atoms with E-state index in [0.717, 1.165) is 13.0 Å². The number of carbonyl (C=O) groups excluding carboxylic acids is 1. The highest BCUT2D eigenvalue weighted by Gasteiger charge is 2.34. The molecule has 0 unspecified atom stereocenters. The Balaban J connectivity index is 2.09. The van der Waals surface area contributed by atoms with Crippen molar-refractivity contribution in [3.63, 3.8) is 0 Å². The Hall–Kier alpha value is -0.280.